The number of nitrogens with zero attached hydrogens (tertiary/aromatic N) is 1. The van der Waals surface area contributed by atoms with E-state index in [9.17, 15) is 13.2 Å². The van der Waals surface area contributed by atoms with Crippen LogP contribution in [0, 0.1) is 5.92 Å². The van der Waals surface area contributed by atoms with Crippen LogP contribution in [0.25, 0.3) is 0 Å². The summed E-state index contributed by atoms with van der Waals surface area (Å²) in [5.74, 6) is 0.184. The fraction of sp³-hybridized carbons (Fsp3) is 0.533. The van der Waals surface area contributed by atoms with E-state index >= 15 is 0 Å². The van der Waals surface area contributed by atoms with E-state index in [0.717, 1.165) is 12.0 Å². The standard InChI is InChI=1S/C15H23N3O3S/c1-10(2)8-13(16)15(19)18-7-6-11-4-5-12(9-14(11)18)22(20,21)17-3/h4-5,9-10,13,17H,6-8,16H2,1-3H3/t13-/m0/s1. The van der Waals surface area contributed by atoms with Crippen LogP contribution < -0.4 is 15.4 Å². The molecule has 6 nitrogen and oxygen atoms in total. The number of fused-ring (bicyclic) bond motifs is 1. The van der Waals surface area contributed by atoms with Crippen molar-refractivity contribution in [3.8, 4) is 0 Å². The van der Waals surface area contributed by atoms with Crippen LogP contribution in [0.3, 0.4) is 0 Å². The first kappa shape index (κ1) is 16.9. The number of nitrogens with two attached hydrogens (primary N) is 1. The molecule has 1 amide bonds. The van der Waals surface area contributed by atoms with Crippen molar-refractivity contribution in [2.45, 2.75) is 37.6 Å². The Labute approximate surface area is 131 Å². The van der Waals surface area contributed by atoms with E-state index in [2.05, 4.69) is 4.72 Å². The minimum Gasteiger partial charge on any atom is -0.320 e. The maximum absolute atomic E-state index is 12.5. The van der Waals surface area contributed by atoms with Gasteiger partial charge in [-0.2, -0.15) is 0 Å². The van der Waals surface area contributed by atoms with E-state index in [-0.39, 0.29) is 10.8 Å². The van der Waals surface area contributed by atoms with Crippen LogP contribution in [-0.4, -0.2) is 34.0 Å². The molecule has 122 valence electrons. The molecule has 1 atom stereocenters. The molecule has 0 fully saturated rings. The SMILES string of the molecule is CNS(=O)(=O)c1ccc2c(c1)N(C(=O)[C@@H](N)CC(C)C)CC2. The van der Waals surface area contributed by atoms with E-state index in [1.54, 1.807) is 23.1 Å². The Balaban J connectivity index is 2.31. The van der Waals surface area contributed by atoms with Crippen LogP contribution in [0.5, 0.6) is 0 Å². The molecule has 2 rings (SSSR count). The lowest BCUT2D eigenvalue weighted by molar-refractivity contribution is -0.120. The summed E-state index contributed by atoms with van der Waals surface area (Å²) in [4.78, 5) is 14.3. The van der Waals surface area contributed by atoms with Crippen LogP contribution in [0.1, 0.15) is 25.8 Å². The van der Waals surface area contributed by atoms with Gasteiger partial charge in [-0.05, 0) is 43.5 Å². The fourth-order valence-corrected chi connectivity index (χ4v) is 3.43. The van der Waals surface area contributed by atoms with E-state index in [4.69, 9.17) is 5.73 Å². The molecule has 1 aromatic carbocycles. The Kier molecular flexibility index (Phi) is 4.89. The topological polar surface area (TPSA) is 92.5 Å². The van der Waals surface area contributed by atoms with Crippen LogP contribution >= 0.6 is 0 Å². The molecular weight excluding hydrogens is 302 g/mol. The number of hydrogen-bond acceptors (Lipinski definition) is 4. The average molecular weight is 325 g/mol. The quantitative estimate of drug-likeness (QED) is 0.840. The predicted molar refractivity (Wildman–Crippen MR) is 86.2 cm³/mol. The van der Waals surface area contributed by atoms with Gasteiger partial charge in [-0.25, -0.2) is 13.1 Å². The van der Waals surface area contributed by atoms with Gasteiger partial charge in [-0.1, -0.05) is 19.9 Å². The number of anilines is 1. The van der Waals surface area contributed by atoms with Gasteiger partial charge in [-0.15, -0.1) is 0 Å². The molecule has 0 unspecified atom stereocenters. The molecule has 3 N–H and O–H groups in total. The predicted octanol–water partition coefficient (Wildman–Crippen LogP) is 0.857. The number of rotatable bonds is 5. The second-order valence-electron chi connectivity index (χ2n) is 5.97. The second-order valence-corrected chi connectivity index (χ2v) is 7.86. The molecule has 0 aliphatic carbocycles. The summed E-state index contributed by atoms with van der Waals surface area (Å²) in [5, 5.41) is 0. The van der Waals surface area contributed by atoms with E-state index in [1.807, 2.05) is 13.8 Å². The smallest absolute Gasteiger partial charge is 0.243 e. The number of carbonyl (C=O) groups is 1. The maximum atomic E-state index is 12.5. The molecule has 0 aromatic heterocycles. The molecule has 1 aliphatic rings. The average Bonchev–Trinajstić information content (AvgIpc) is 2.88. The van der Waals surface area contributed by atoms with Gasteiger partial charge in [0.05, 0.1) is 10.9 Å². The third-order valence-corrected chi connectivity index (χ3v) is 5.25. The van der Waals surface area contributed by atoms with E-state index in [1.165, 1.54) is 7.05 Å². The lowest BCUT2D eigenvalue weighted by Gasteiger charge is -2.23. The third kappa shape index (κ3) is 3.31. The van der Waals surface area contributed by atoms with Gasteiger partial charge in [-0.3, -0.25) is 4.79 Å². The first-order chi connectivity index (χ1) is 10.3. The normalized spacial score (nSPS) is 16.0. The van der Waals surface area contributed by atoms with Crippen molar-refractivity contribution in [1.29, 1.82) is 0 Å². The first-order valence-electron chi connectivity index (χ1n) is 7.39. The van der Waals surface area contributed by atoms with Crippen molar-refractivity contribution >= 4 is 21.6 Å². The maximum Gasteiger partial charge on any atom is 0.243 e. The molecule has 0 saturated heterocycles. The number of sulfonamides is 1. The van der Waals surface area contributed by atoms with Gasteiger partial charge in [0.1, 0.15) is 0 Å². The first-order valence-corrected chi connectivity index (χ1v) is 8.88. The zero-order valence-corrected chi connectivity index (χ0v) is 14.0. The zero-order valence-electron chi connectivity index (χ0n) is 13.2. The summed E-state index contributed by atoms with van der Waals surface area (Å²) in [6.45, 7) is 4.58. The van der Waals surface area contributed by atoms with Crippen molar-refractivity contribution in [2.24, 2.45) is 11.7 Å². The summed E-state index contributed by atoms with van der Waals surface area (Å²) in [5.41, 5.74) is 7.61. The Morgan fingerprint density at radius 3 is 2.68 bits per heavy atom. The zero-order chi connectivity index (χ0) is 16.5. The highest BCUT2D eigenvalue weighted by Crippen LogP contribution is 2.31. The van der Waals surface area contributed by atoms with Gasteiger partial charge in [0.15, 0.2) is 0 Å². The van der Waals surface area contributed by atoms with Gasteiger partial charge in [0.25, 0.3) is 0 Å². The van der Waals surface area contributed by atoms with Crippen molar-refractivity contribution in [2.75, 3.05) is 18.5 Å². The Morgan fingerprint density at radius 1 is 1.41 bits per heavy atom. The summed E-state index contributed by atoms with van der Waals surface area (Å²) < 4.78 is 26.1. The molecular formula is C15H23N3O3S. The van der Waals surface area contributed by atoms with Crippen molar-refractivity contribution in [1.82, 2.24) is 4.72 Å². The van der Waals surface area contributed by atoms with E-state index < -0.39 is 16.1 Å². The van der Waals surface area contributed by atoms with Gasteiger partial charge in [0.2, 0.25) is 15.9 Å². The second kappa shape index (κ2) is 6.36. The Morgan fingerprint density at radius 2 is 2.09 bits per heavy atom. The molecule has 0 spiro atoms. The molecule has 0 saturated carbocycles. The number of carbonyl (C=O) groups excluding carboxylic acids is 1. The van der Waals surface area contributed by atoms with Crippen molar-refractivity contribution in [3.05, 3.63) is 23.8 Å². The Bertz CT molecular complexity index is 671. The lowest BCUT2D eigenvalue weighted by Crippen LogP contribution is -2.43. The van der Waals surface area contributed by atoms with Crippen LogP contribution in [0.2, 0.25) is 0 Å². The number of amides is 1. The lowest BCUT2D eigenvalue weighted by atomic mass is 10.0. The van der Waals surface area contributed by atoms with Crippen LogP contribution in [0.15, 0.2) is 23.1 Å². The van der Waals surface area contributed by atoms with Gasteiger partial charge >= 0.3 is 0 Å². The summed E-state index contributed by atoms with van der Waals surface area (Å²) in [6.07, 6.45) is 1.33. The molecule has 1 aromatic rings. The van der Waals surface area contributed by atoms with Crippen LogP contribution in [0.4, 0.5) is 5.69 Å². The molecule has 1 aliphatic heterocycles. The van der Waals surface area contributed by atoms with Gasteiger partial charge in [0, 0.05) is 12.2 Å². The molecule has 22 heavy (non-hydrogen) atoms. The molecule has 0 radical (unpaired) electrons. The monoisotopic (exact) mass is 325 g/mol. The Hall–Kier alpha value is -1.44. The van der Waals surface area contributed by atoms with Crippen LogP contribution in [-0.2, 0) is 21.2 Å². The highest BCUT2D eigenvalue weighted by molar-refractivity contribution is 7.89. The number of benzene rings is 1. The highest BCUT2D eigenvalue weighted by Gasteiger charge is 2.29. The van der Waals surface area contributed by atoms with Crippen molar-refractivity contribution < 1.29 is 13.2 Å². The largest absolute Gasteiger partial charge is 0.320 e. The third-order valence-electron chi connectivity index (χ3n) is 3.84. The summed E-state index contributed by atoms with van der Waals surface area (Å²) in [6, 6.07) is 4.32. The van der Waals surface area contributed by atoms with Gasteiger partial charge < -0.3 is 10.6 Å². The minimum absolute atomic E-state index is 0.147. The highest BCUT2D eigenvalue weighted by atomic mass is 32.2. The van der Waals surface area contributed by atoms with Crippen molar-refractivity contribution in [3.63, 3.8) is 0 Å². The summed E-state index contributed by atoms with van der Waals surface area (Å²) in [7, 11) is -2.16. The number of nitrogens with one attached hydrogen (secondary N) is 1. The van der Waals surface area contributed by atoms with E-state index in [0.29, 0.717) is 24.6 Å². The molecule has 1 heterocycles. The fourth-order valence-electron chi connectivity index (χ4n) is 2.68. The summed E-state index contributed by atoms with van der Waals surface area (Å²) >= 11 is 0. The number of hydrogen-bond donors (Lipinski definition) is 2. The minimum atomic E-state index is -3.53. The molecule has 7 heteroatoms. The molecule has 0 bridgehead atoms.